The molecule has 6 nitrogen and oxygen atoms in total. The second-order valence-corrected chi connectivity index (χ2v) is 9.70. The number of ether oxygens (including phenoxy) is 1. The van der Waals surface area contributed by atoms with Crippen molar-refractivity contribution in [3.63, 3.8) is 0 Å². The molecule has 30 heavy (non-hydrogen) atoms. The van der Waals surface area contributed by atoms with Crippen molar-refractivity contribution in [1.82, 2.24) is 9.80 Å². The van der Waals surface area contributed by atoms with E-state index in [-0.39, 0.29) is 11.4 Å². The first-order chi connectivity index (χ1) is 14.3. The van der Waals surface area contributed by atoms with E-state index in [0.29, 0.717) is 19.0 Å². The fourth-order valence-corrected chi connectivity index (χ4v) is 5.85. The number of carbonyl (C=O) groups excluding carboxylic acids is 1. The topological polar surface area (TPSA) is 56.3 Å². The second-order valence-electron chi connectivity index (χ2n) is 9.70. The van der Waals surface area contributed by atoms with Crippen LogP contribution in [0.4, 0.5) is 5.69 Å². The summed E-state index contributed by atoms with van der Waals surface area (Å²) in [5, 5.41) is 11.5. The maximum Gasteiger partial charge on any atom is 0.222 e. The standard InChI is InChI=1S/C24H37N3O3/c1-23-11-6-14-27(21(23)9-5-10-22(28)25(23)2)18-24(29)12-15-26(16-13-24)19-7-4-8-20(17-19)30-3/h4,7-8,17,21,29H,5-6,9-16,18H2,1-3H3/t21-,23-/m0/s1. The van der Waals surface area contributed by atoms with Crippen LogP contribution in [0.1, 0.15) is 51.9 Å². The molecule has 3 fully saturated rings. The number of likely N-dealkylation sites (tertiary alicyclic amines) is 2. The highest BCUT2D eigenvalue weighted by molar-refractivity contribution is 5.77. The Morgan fingerprint density at radius 1 is 1.17 bits per heavy atom. The first kappa shape index (κ1) is 21.4. The molecule has 0 bridgehead atoms. The molecule has 0 unspecified atom stereocenters. The molecule has 2 atom stereocenters. The number of methoxy groups -OCH3 is 1. The first-order valence-corrected chi connectivity index (χ1v) is 11.5. The van der Waals surface area contributed by atoms with Gasteiger partial charge < -0.3 is 19.6 Å². The minimum atomic E-state index is -0.664. The Balaban J connectivity index is 1.43. The fourth-order valence-electron chi connectivity index (χ4n) is 5.85. The van der Waals surface area contributed by atoms with Crippen LogP contribution in [-0.2, 0) is 4.79 Å². The quantitative estimate of drug-likeness (QED) is 0.820. The molecule has 166 valence electrons. The lowest BCUT2D eigenvalue weighted by Crippen LogP contribution is -2.65. The van der Waals surface area contributed by atoms with E-state index in [1.54, 1.807) is 7.11 Å². The summed E-state index contributed by atoms with van der Waals surface area (Å²) >= 11 is 0. The summed E-state index contributed by atoms with van der Waals surface area (Å²) in [4.78, 5) is 19.3. The smallest absolute Gasteiger partial charge is 0.222 e. The third kappa shape index (κ3) is 4.04. The molecule has 0 radical (unpaired) electrons. The highest BCUT2D eigenvalue weighted by Gasteiger charge is 2.48. The Morgan fingerprint density at radius 3 is 2.67 bits per heavy atom. The van der Waals surface area contributed by atoms with Crippen molar-refractivity contribution in [3.8, 4) is 5.75 Å². The molecule has 3 aliphatic heterocycles. The van der Waals surface area contributed by atoms with Crippen LogP contribution in [0.3, 0.4) is 0 Å². The maximum atomic E-state index is 12.5. The Morgan fingerprint density at radius 2 is 1.93 bits per heavy atom. The fraction of sp³-hybridized carbons (Fsp3) is 0.708. The number of β-amino-alcohol motifs (C(OH)–C–C–N with tert-alkyl or cyclic N) is 1. The summed E-state index contributed by atoms with van der Waals surface area (Å²) in [7, 11) is 3.67. The minimum Gasteiger partial charge on any atom is -0.497 e. The van der Waals surface area contributed by atoms with Crippen LogP contribution in [0, 0.1) is 0 Å². The van der Waals surface area contributed by atoms with Crippen molar-refractivity contribution in [3.05, 3.63) is 24.3 Å². The normalized spacial score (nSPS) is 30.0. The third-order valence-electron chi connectivity index (χ3n) is 7.91. The summed E-state index contributed by atoms with van der Waals surface area (Å²) in [6.07, 6.45) is 6.30. The highest BCUT2D eigenvalue weighted by atomic mass is 16.5. The zero-order chi connectivity index (χ0) is 21.4. The van der Waals surface area contributed by atoms with Crippen LogP contribution < -0.4 is 9.64 Å². The molecule has 6 heteroatoms. The largest absolute Gasteiger partial charge is 0.497 e. The van der Waals surface area contributed by atoms with E-state index in [2.05, 4.69) is 28.9 Å². The van der Waals surface area contributed by atoms with E-state index >= 15 is 0 Å². The maximum absolute atomic E-state index is 12.5. The van der Waals surface area contributed by atoms with E-state index in [1.165, 1.54) is 0 Å². The average molecular weight is 416 g/mol. The predicted molar refractivity (Wildman–Crippen MR) is 119 cm³/mol. The van der Waals surface area contributed by atoms with Crippen molar-refractivity contribution in [2.75, 3.05) is 45.2 Å². The van der Waals surface area contributed by atoms with Crippen LogP contribution in [0.2, 0.25) is 0 Å². The van der Waals surface area contributed by atoms with Gasteiger partial charge in [-0.1, -0.05) is 6.07 Å². The second kappa shape index (κ2) is 8.39. The number of piperidine rings is 2. The van der Waals surface area contributed by atoms with Gasteiger partial charge in [-0.05, 0) is 64.1 Å². The molecular weight excluding hydrogens is 378 g/mol. The molecule has 3 heterocycles. The molecule has 0 aromatic heterocycles. The molecule has 0 spiro atoms. The van der Waals surface area contributed by atoms with Crippen LogP contribution >= 0.6 is 0 Å². The summed E-state index contributed by atoms with van der Waals surface area (Å²) in [6.45, 7) is 5.67. The predicted octanol–water partition coefficient (Wildman–Crippen LogP) is 2.89. The van der Waals surface area contributed by atoms with Gasteiger partial charge in [0, 0.05) is 50.9 Å². The van der Waals surface area contributed by atoms with Gasteiger partial charge in [-0.3, -0.25) is 9.69 Å². The van der Waals surface area contributed by atoms with Gasteiger partial charge in [0.15, 0.2) is 0 Å². The van der Waals surface area contributed by atoms with Gasteiger partial charge in [-0.25, -0.2) is 0 Å². The SMILES string of the molecule is COc1cccc(N2CCC(O)(CN3CCC[C@@]4(C)[C@@H]3CCCC(=O)N4C)CC2)c1. The van der Waals surface area contributed by atoms with Gasteiger partial charge in [0.25, 0.3) is 0 Å². The molecule has 0 aliphatic carbocycles. The van der Waals surface area contributed by atoms with Gasteiger partial charge in [-0.15, -0.1) is 0 Å². The number of benzene rings is 1. The van der Waals surface area contributed by atoms with Crippen molar-refractivity contribution >= 4 is 11.6 Å². The van der Waals surface area contributed by atoms with Crippen molar-refractivity contribution in [2.45, 2.75) is 69.1 Å². The number of likely N-dealkylation sites (N-methyl/N-ethyl adjacent to an activating group) is 1. The molecule has 1 N–H and O–H groups in total. The lowest BCUT2D eigenvalue weighted by Gasteiger charge is -2.53. The number of hydrogen-bond acceptors (Lipinski definition) is 5. The number of nitrogens with zero attached hydrogens (tertiary/aromatic N) is 3. The van der Waals surface area contributed by atoms with E-state index in [1.807, 2.05) is 24.1 Å². The Hall–Kier alpha value is -1.79. The van der Waals surface area contributed by atoms with Crippen molar-refractivity contribution in [1.29, 1.82) is 0 Å². The summed E-state index contributed by atoms with van der Waals surface area (Å²) in [5.41, 5.74) is 0.372. The van der Waals surface area contributed by atoms with Gasteiger partial charge in [0.1, 0.15) is 5.75 Å². The van der Waals surface area contributed by atoms with Crippen molar-refractivity contribution < 1.29 is 14.6 Å². The van der Waals surface area contributed by atoms with Gasteiger partial charge >= 0.3 is 0 Å². The third-order valence-corrected chi connectivity index (χ3v) is 7.91. The van der Waals surface area contributed by atoms with Crippen molar-refractivity contribution in [2.24, 2.45) is 0 Å². The molecule has 3 saturated heterocycles. The lowest BCUT2D eigenvalue weighted by molar-refractivity contribution is -0.139. The molecule has 3 aliphatic rings. The van der Waals surface area contributed by atoms with Gasteiger partial charge in [0.2, 0.25) is 5.91 Å². The Labute approximate surface area is 180 Å². The van der Waals surface area contributed by atoms with Crippen LogP contribution in [0.5, 0.6) is 5.75 Å². The minimum absolute atomic E-state index is 0.122. The van der Waals surface area contributed by atoms with E-state index in [0.717, 1.165) is 69.6 Å². The average Bonchev–Trinajstić information content (AvgIpc) is 2.86. The number of rotatable bonds is 4. The Bertz CT molecular complexity index is 762. The Kier molecular flexibility index (Phi) is 5.99. The summed E-state index contributed by atoms with van der Waals surface area (Å²) in [5.74, 6) is 1.14. The zero-order valence-corrected chi connectivity index (χ0v) is 18.8. The molecule has 4 rings (SSSR count). The van der Waals surface area contributed by atoms with E-state index < -0.39 is 5.60 Å². The number of carbonyl (C=O) groups is 1. The first-order valence-electron chi connectivity index (χ1n) is 11.5. The van der Waals surface area contributed by atoms with E-state index in [9.17, 15) is 9.90 Å². The molecule has 1 aromatic rings. The van der Waals surface area contributed by atoms with Crippen LogP contribution in [0.15, 0.2) is 24.3 Å². The molecule has 1 amide bonds. The molecular formula is C24H37N3O3. The molecule has 0 saturated carbocycles. The van der Waals surface area contributed by atoms with Gasteiger partial charge in [0.05, 0.1) is 18.2 Å². The highest BCUT2D eigenvalue weighted by Crippen LogP contribution is 2.39. The summed E-state index contributed by atoms with van der Waals surface area (Å²) < 4.78 is 5.36. The number of aliphatic hydroxyl groups is 1. The number of hydrogen-bond donors (Lipinski definition) is 1. The summed E-state index contributed by atoms with van der Waals surface area (Å²) in [6, 6.07) is 8.50. The van der Waals surface area contributed by atoms with Gasteiger partial charge in [-0.2, -0.15) is 0 Å². The molecule has 1 aromatic carbocycles. The monoisotopic (exact) mass is 415 g/mol. The number of amides is 1. The number of fused-ring (bicyclic) bond motifs is 1. The van der Waals surface area contributed by atoms with Crippen LogP contribution in [-0.4, -0.2) is 78.3 Å². The lowest BCUT2D eigenvalue weighted by atomic mass is 9.78. The zero-order valence-electron chi connectivity index (χ0n) is 18.8. The number of anilines is 1. The van der Waals surface area contributed by atoms with Crippen LogP contribution in [0.25, 0.3) is 0 Å². The van der Waals surface area contributed by atoms with E-state index in [4.69, 9.17) is 4.74 Å².